The predicted molar refractivity (Wildman–Crippen MR) is 112 cm³/mol. The molecule has 0 radical (unpaired) electrons. The normalized spacial score (nSPS) is 14.5. The fourth-order valence-corrected chi connectivity index (χ4v) is 3.58. The van der Waals surface area contributed by atoms with E-state index in [4.69, 9.17) is 4.42 Å². The molecule has 6 heteroatoms. The second-order valence-corrected chi connectivity index (χ2v) is 7.22. The standard InChI is InChI=1S/C23H23N3O3/c27-21(23(13-5-14-23)17-6-2-1-3-7-17)25-18-9-11-19(12-10-18)26-22(28)24-16-20-8-4-15-29-20/h1-4,6-12,15H,5,13-14,16H2,(H,25,27)(H2,24,26,28). The quantitative estimate of drug-likeness (QED) is 0.573. The third-order valence-electron chi connectivity index (χ3n) is 5.37. The van der Waals surface area contributed by atoms with Crippen LogP contribution in [0.4, 0.5) is 16.2 Å². The number of furan rings is 1. The first-order chi connectivity index (χ1) is 14.2. The number of carbonyl (C=O) groups excluding carboxylic acids is 2. The van der Waals surface area contributed by atoms with Crippen molar-refractivity contribution in [3.63, 3.8) is 0 Å². The van der Waals surface area contributed by atoms with E-state index in [1.807, 2.05) is 30.3 Å². The number of urea groups is 1. The van der Waals surface area contributed by atoms with Gasteiger partial charge in [0.05, 0.1) is 18.2 Å². The maximum Gasteiger partial charge on any atom is 0.319 e. The lowest BCUT2D eigenvalue weighted by molar-refractivity contribution is -0.124. The Labute approximate surface area is 169 Å². The molecule has 0 unspecified atom stereocenters. The largest absolute Gasteiger partial charge is 0.467 e. The third kappa shape index (κ3) is 4.16. The zero-order valence-corrected chi connectivity index (χ0v) is 16.0. The first-order valence-electron chi connectivity index (χ1n) is 9.70. The van der Waals surface area contributed by atoms with E-state index in [2.05, 4.69) is 16.0 Å². The van der Waals surface area contributed by atoms with Crippen molar-refractivity contribution >= 4 is 23.3 Å². The molecule has 1 aliphatic carbocycles. The van der Waals surface area contributed by atoms with E-state index < -0.39 is 5.41 Å². The van der Waals surface area contributed by atoms with E-state index in [1.54, 1.807) is 42.7 Å². The average Bonchev–Trinajstić information content (AvgIpc) is 3.22. The Bertz CT molecular complexity index is 962. The van der Waals surface area contributed by atoms with Gasteiger partial charge in [-0.1, -0.05) is 36.8 Å². The molecule has 0 atom stereocenters. The van der Waals surface area contributed by atoms with Crippen molar-refractivity contribution in [3.05, 3.63) is 84.3 Å². The number of nitrogens with one attached hydrogen (secondary N) is 3. The van der Waals surface area contributed by atoms with Gasteiger partial charge >= 0.3 is 6.03 Å². The van der Waals surface area contributed by atoms with Gasteiger partial charge in [-0.3, -0.25) is 4.79 Å². The van der Waals surface area contributed by atoms with Crippen LogP contribution in [0.15, 0.2) is 77.4 Å². The molecule has 3 amide bonds. The topological polar surface area (TPSA) is 83.4 Å². The van der Waals surface area contributed by atoms with Gasteiger partial charge in [-0.2, -0.15) is 0 Å². The van der Waals surface area contributed by atoms with E-state index in [0.29, 0.717) is 23.7 Å². The Hall–Kier alpha value is -3.54. The second kappa shape index (κ2) is 8.22. The molecule has 1 heterocycles. The van der Waals surface area contributed by atoms with E-state index in [9.17, 15) is 9.59 Å². The van der Waals surface area contributed by atoms with Gasteiger partial charge in [0.1, 0.15) is 5.76 Å². The number of anilines is 2. The zero-order chi connectivity index (χ0) is 20.1. The molecule has 1 fully saturated rings. The van der Waals surface area contributed by atoms with Crippen molar-refractivity contribution in [3.8, 4) is 0 Å². The molecule has 0 aliphatic heterocycles. The molecule has 0 bridgehead atoms. The number of amides is 3. The van der Waals surface area contributed by atoms with Gasteiger partial charge < -0.3 is 20.4 Å². The van der Waals surface area contributed by atoms with E-state index in [-0.39, 0.29) is 11.9 Å². The number of hydrogen-bond acceptors (Lipinski definition) is 3. The average molecular weight is 389 g/mol. The van der Waals surface area contributed by atoms with Crippen LogP contribution in [0.5, 0.6) is 0 Å². The number of benzene rings is 2. The summed E-state index contributed by atoms with van der Waals surface area (Å²) in [7, 11) is 0. The van der Waals surface area contributed by atoms with Crippen molar-refractivity contribution < 1.29 is 14.0 Å². The maximum atomic E-state index is 13.0. The summed E-state index contributed by atoms with van der Waals surface area (Å²) in [6, 6.07) is 20.3. The zero-order valence-electron chi connectivity index (χ0n) is 16.0. The first-order valence-corrected chi connectivity index (χ1v) is 9.70. The van der Waals surface area contributed by atoms with Crippen LogP contribution >= 0.6 is 0 Å². The Morgan fingerprint density at radius 2 is 1.55 bits per heavy atom. The van der Waals surface area contributed by atoms with Crippen LogP contribution in [0, 0.1) is 0 Å². The van der Waals surface area contributed by atoms with Crippen LogP contribution in [0.25, 0.3) is 0 Å². The van der Waals surface area contributed by atoms with Gasteiger partial charge in [0.25, 0.3) is 0 Å². The minimum absolute atomic E-state index is 0.0202. The van der Waals surface area contributed by atoms with Gasteiger partial charge in [-0.05, 0) is 54.8 Å². The van der Waals surface area contributed by atoms with Gasteiger partial charge in [-0.15, -0.1) is 0 Å². The Morgan fingerprint density at radius 1 is 0.862 bits per heavy atom. The van der Waals surface area contributed by atoms with Crippen molar-refractivity contribution in [1.29, 1.82) is 0 Å². The summed E-state index contributed by atoms with van der Waals surface area (Å²) in [5.74, 6) is 0.702. The highest BCUT2D eigenvalue weighted by Crippen LogP contribution is 2.44. The Balaban J connectivity index is 1.34. The molecule has 4 rings (SSSR count). The lowest BCUT2D eigenvalue weighted by Crippen LogP contribution is -2.45. The maximum absolute atomic E-state index is 13.0. The smallest absolute Gasteiger partial charge is 0.319 e. The summed E-state index contributed by atoms with van der Waals surface area (Å²) in [6.07, 6.45) is 4.34. The molecule has 29 heavy (non-hydrogen) atoms. The van der Waals surface area contributed by atoms with Crippen LogP contribution in [0.1, 0.15) is 30.6 Å². The van der Waals surface area contributed by atoms with Crippen LogP contribution in [-0.4, -0.2) is 11.9 Å². The fourth-order valence-electron chi connectivity index (χ4n) is 3.58. The molecule has 2 aromatic carbocycles. The lowest BCUT2D eigenvalue weighted by Gasteiger charge is -2.40. The predicted octanol–water partition coefficient (Wildman–Crippen LogP) is 4.66. The van der Waals surface area contributed by atoms with Crippen LogP contribution in [-0.2, 0) is 16.8 Å². The summed E-state index contributed by atoms with van der Waals surface area (Å²) in [6.45, 7) is 0.314. The SMILES string of the molecule is O=C(NCc1ccco1)Nc1ccc(NC(=O)C2(c3ccccc3)CCC2)cc1. The van der Waals surface area contributed by atoms with Crippen LogP contribution < -0.4 is 16.0 Å². The minimum atomic E-state index is -0.441. The van der Waals surface area contributed by atoms with Gasteiger partial charge in [-0.25, -0.2) is 4.79 Å². The van der Waals surface area contributed by atoms with Crippen LogP contribution in [0.2, 0.25) is 0 Å². The van der Waals surface area contributed by atoms with Crippen LogP contribution in [0.3, 0.4) is 0 Å². The highest BCUT2D eigenvalue weighted by Gasteiger charge is 2.45. The molecule has 1 saturated carbocycles. The fraction of sp³-hybridized carbons (Fsp3) is 0.217. The van der Waals surface area contributed by atoms with Gasteiger partial charge in [0.15, 0.2) is 0 Å². The number of rotatable bonds is 6. The van der Waals surface area contributed by atoms with E-state index in [1.165, 1.54) is 0 Å². The molecule has 148 valence electrons. The Kier molecular flexibility index (Phi) is 5.33. The molecule has 1 aromatic heterocycles. The molecule has 3 aromatic rings. The second-order valence-electron chi connectivity index (χ2n) is 7.22. The monoisotopic (exact) mass is 389 g/mol. The van der Waals surface area contributed by atoms with Crippen molar-refractivity contribution in [2.75, 3.05) is 10.6 Å². The summed E-state index contributed by atoms with van der Waals surface area (Å²) < 4.78 is 5.18. The molecular formula is C23H23N3O3. The summed E-state index contributed by atoms with van der Waals surface area (Å²) in [4.78, 5) is 24.9. The van der Waals surface area contributed by atoms with Crippen molar-refractivity contribution in [2.45, 2.75) is 31.2 Å². The first kappa shape index (κ1) is 18.8. The minimum Gasteiger partial charge on any atom is -0.467 e. The van der Waals surface area contributed by atoms with Crippen molar-refractivity contribution in [2.24, 2.45) is 0 Å². The molecule has 3 N–H and O–H groups in total. The molecule has 0 spiro atoms. The van der Waals surface area contributed by atoms with Crippen molar-refractivity contribution in [1.82, 2.24) is 5.32 Å². The molecular weight excluding hydrogens is 366 g/mol. The number of carbonyl (C=O) groups is 2. The van der Waals surface area contributed by atoms with E-state index in [0.717, 1.165) is 24.8 Å². The van der Waals surface area contributed by atoms with E-state index >= 15 is 0 Å². The molecule has 0 saturated heterocycles. The highest BCUT2D eigenvalue weighted by molar-refractivity contribution is 6.00. The lowest BCUT2D eigenvalue weighted by atomic mass is 9.64. The summed E-state index contributed by atoms with van der Waals surface area (Å²) in [5.41, 5.74) is 1.97. The van der Waals surface area contributed by atoms with Gasteiger partial charge in [0, 0.05) is 11.4 Å². The molecule has 6 nitrogen and oxygen atoms in total. The van der Waals surface area contributed by atoms with Gasteiger partial charge in [0.2, 0.25) is 5.91 Å². The molecule has 1 aliphatic rings. The Morgan fingerprint density at radius 3 is 2.14 bits per heavy atom. The summed E-state index contributed by atoms with van der Waals surface area (Å²) >= 11 is 0. The highest BCUT2D eigenvalue weighted by atomic mass is 16.3. The number of hydrogen-bond donors (Lipinski definition) is 3. The summed E-state index contributed by atoms with van der Waals surface area (Å²) in [5, 5.41) is 8.51. The third-order valence-corrected chi connectivity index (χ3v) is 5.37.